The van der Waals surface area contributed by atoms with E-state index in [9.17, 15) is 4.79 Å². The molecule has 0 saturated carbocycles. The molecule has 166 valence electrons. The Kier molecular flexibility index (Phi) is 5.20. The minimum atomic E-state index is 0.00462. The van der Waals surface area contributed by atoms with Crippen molar-refractivity contribution in [2.45, 2.75) is 0 Å². The van der Waals surface area contributed by atoms with E-state index in [2.05, 4.69) is 4.98 Å². The SMILES string of the molecule is O=c1c(-c2ccc(-c3nc(-c4ccccc4)nc(-c4ccccc4)n3)cc2)c[nH]c2ccccc12. The Morgan fingerprint density at radius 2 is 0.943 bits per heavy atom. The lowest BCUT2D eigenvalue weighted by atomic mass is 10.0. The van der Waals surface area contributed by atoms with Crippen LogP contribution in [0.25, 0.3) is 56.2 Å². The molecule has 5 nitrogen and oxygen atoms in total. The number of nitrogens with one attached hydrogen (secondary N) is 1. The normalized spacial score (nSPS) is 11.0. The Bertz CT molecular complexity index is 1640. The lowest BCUT2D eigenvalue weighted by Gasteiger charge is -2.09. The smallest absolute Gasteiger partial charge is 0.197 e. The van der Waals surface area contributed by atoms with Crippen LogP contribution in [0.1, 0.15) is 0 Å². The van der Waals surface area contributed by atoms with E-state index in [0.717, 1.165) is 27.8 Å². The molecule has 0 spiro atoms. The van der Waals surface area contributed by atoms with Gasteiger partial charge in [0.2, 0.25) is 0 Å². The van der Waals surface area contributed by atoms with Crippen LogP contribution >= 0.6 is 0 Å². The highest BCUT2D eigenvalue weighted by Crippen LogP contribution is 2.26. The van der Waals surface area contributed by atoms with Crippen molar-refractivity contribution in [3.63, 3.8) is 0 Å². The predicted octanol–water partition coefficient (Wildman–Crippen LogP) is 6.38. The molecule has 1 N–H and O–H groups in total. The number of fused-ring (bicyclic) bond motifs is 1. The largest absolute Gasteiger partial charge is 0.360 e. The molecule has 0 amide bonds. The lowest BCUT2D eigenvalue weighted by molar-refractivity contribution is 1.07. The molecule has 0 unspecified atom stereocenters. The van der Waals surface area contributed by atoms with Crippen molar-refractivity contribution in [1.82, 2.24) is 19.9 Å². The van der Waals surface area contributed by atoms with Crippen LogP contribution in [0.15, 0.2) is 120 Å². The van der Waals surface area contributed by atoms with Crippen LogP contribution in [0.2, 0.25) is 0 Å². The van der Waals surface area contributed by atoms with Gasteiger partial charge in [-0.05, 0) is 17.7 Å². The van der Waals surface area contributed by atoms with Gasteiger partial charge in [0.25, 0.3) is 0 Å². The third-order valence-corrected chi connectivity index (χ3v) is 5.94. The Balaban J connectivity index is 1.44. The fraction of sp³-hybridized carbons (Fsp3) is 0. The van der Waals surface area contributed by atoms with E-state index in [-0.39, 0.29) is 5.43 Å². The summed E-state index contributed by atoms with van der Waals surface area (Å²) < 4.78 is 0. The summed E-state index contributed by atoms with van der Waals surface area (Å²) in [5.74, 6) is 1.81. The average molecular weight is 453 g/mol. The van der Waals surface area contributed by atoms with Crippen LogP contribution in [0.4, 0.5) is 0 Å². The molecule has 0 aliphatic heterocycles. The van der Waals surface area contributed by atoms with E-state index < -0.39 is 0 Å². The van der Waals surface area contributed by atoms with Crippen LogP contribution in [0.5, 0.6) is 0 Å². The van der Waals surface area contributed by atoms with Crippen LogP contribution in [-0.2, 0) is 0 Å². The fourth-order valence-corrected chi connectivity index (χ4v) is 4.12. The second kappa shape index (κ2) is 8.80. The first-order valence-electron chi connectivity index (χ1n) is 11.3. The van der Waals surface area contributed by atoms with Gasteiger partial charge in [-0.15, -0.1) is 0 Å². The number of rotatable bonds is 4. The van der Waals surface area contributed by atoms with E-state index in [0.29, 0.717) is 28.4 Å². The molecule has 0 aliphatic rings. The number of benzene rings is 4. The minimum absolute atomic E-state index is 0.00462. The van der Waals surface area contributed by atoms with Gasteiger partial charge in [0.15, 0.2) is 22.9 Å². The fourth-order valence-electron chi connectivity index (χ4n) is 4.12. The van der Waals surface area contributed by atoms with Gasteiger partial charge in [-0.2, -0.15) is 0 Å². The van der Waals surface area contributed by atoms with Gasteiger partial charge < -0.3 is 4.98 Å². The number of nitrogens with zero attached hydrogens (tertiary/aromatic N) is 3. The van der Waals surface area contributed by atoms with Gasteiger partial charge >= 0.3 is 0 Å². The van der Waals surface area contributed by atoms with E-state index in [1.165, 1.54) is 0 Å². The Labute approximate surface area is 201 Å². The quantitative estimate of drug-likeness (QED) is 0.337. The van der Waals surface area contributed by atoms with Gasteiger partial charge in [0.1, 0.15) is 0 Å². The van der Waals surface area contributed by atoms with Crippen LogP contribution < -0.4 is 5.43 Å². The van der Waals surface area contributed by atoms with Crippen LogP contribution in [-0.4, -0.2) is 19.9 Å². The zero-order chi connectivity index (χ0) is 23.6. The second-order valence-electron chi connectivity index (χ2n) is 8.19. The molecule has 6 aromatic rings. The Morgan fingerprint density at radius 1 is 0.486 bits per heavy atom. The summed E-state index contributed by atoms with van der Waals surface area (Å²) in [5, 5.41) is 0.673. The van der Waals surface area contributed by atoms with Crippen molar-refractivity contribution in [2.75, 3.05) is 0 Å². The van der Waals surface area contributed by atoms with Crippen molar-refractivity contribution in [1.29, 1.82) is 0 Å². The van der Waals surface area contributed by atoms with Gasteiger partial charge in [0, 0.05) is 39.4 Å². The first-order chi connectivity index (χ1) is 17.3. The molecule has 5 heteroatoms. The maximum Gasteiger partial charge on any atom is 0.197 e. The molecule has 4 aromatic carbocycles. The molecule has 35 heavy (non-hydrogen) atoms. The third kappa shape index (κ3) is 4.00. The molecule has 2 aromatic heterocycles. The summed E-state index contributed by atoms with van der Waals surface area (Å²) in [6.07, 6.45) is 1.77. The molecule has 0 bridgehead atoms. The summed E-state index contributed by atoms with van der Waals surface area (Å²) >= 11 is 0. The van der Waals surface area contributed by atoms with Crippen molar-refractivity contribution in [2.24, 2.45) is 0 Å². The zero-order valence-electron chi connectivity index (χ0n) is 18.7. The third-order valence-electron chi connectivity index (χ3n) is 5.94. The maximum absolute atomic E-state index is 13.0. The Morgan fingerprint density at radius 3 is 1.51 bits per heavy atom. The molecular weight excluding hydrogens is 432 g/mol. The van der Waals surface area contributed by atoms with Crippen molar-refractivity contribution >= 4 is 10.9 Å². The number of hydrogen-bond acceptors (Lipinski definition) is 4. The number of pyridine rings is 1. The van der Waals surface area contributed by atoms with Crippen LogP contribution in [0.3, 0.4) is 0 Å². The number of aromatic nitrogens is 4. The number of hydrogen-bond donors (Lipinski definition) is 1. The van der Waals surface area contributed by atoms with Gasteiger partial charge in [-0.1, -0.05) is 97.1 Å². The van der Waals surface area contributed by atoms with E-state index >= 15 is 0 Å². The molecule has 6 rings (SSSR count). The molecule has 0 aliphatic carbocycles. The van der Waals surface area contributed by atoms with Crippen molar-refractivity contribution < 1.29 is 0 Å². The number of aromatic amines is 1. The molecular formula is C30H20N4O. The summed E-state index contributed by atoms with van der Waals surface area (Å²) in [7, 11) is 0. The molecule has 0 saturated heterocycles. The van der Waals surface area contributed by atoms with Crippen LogP contribution in [0, 0.1) is 0 Å². The summed E-state index contributed by atoms with van der Waals surface area (Å²) in [4.78, 5) is 30.5. The van der Waals surface area contributed by atoms with Crippen molar-refractivity contribution in [3.05, 3.63) is 126 Å². The number of H-pyrrole nitrogens is 1. The average Bonchev–Trinajstić information content (AvgIpc) is 2.94. The maximum atomic E-state index is 13.0. The predicted molar refractivity (Wildman–Crippen MR) is 140 cm³/mol. The first-order valence-corrected chi connectivity index (χ1v) is 11.3. The van der Waals surface area contributed by atoms with Crippen molar-refractivity contribution in [3.8, 4) is 45.3 Å². The highest BCUT2D eigenvalue weighted by atomic mass is 16.1. The molecule has 0 radical (unpaired) electrons. The molecule has 0 fully saturated rings. The highest BCUT2D eigenvalue weighted by molar-refractivity contribution is 5.83. The van der Waals surface area contributed by atoms with E-state index in [1.54, 1.807) is 6.20 Å². The second-order valence-corrected chi connectivity index (χ2v) is 8.19. The van der Waals surface area contributed by atoms with Gasteiger partial charge in [0.05, 0.1) is 0 Å². The highest BCUT2D eigenvalue weighted by Gasteiger charge is 2.13. The minimum Gasteiger partial charge on any atom is -0.360 e. The van der Waals surface area contributed by atoms with Gasteiger partial charge in [-0.3, -0.25) is 4.79 Å². The summed E-state index contributed by atoms with van der Waals surface area (Å²) in [5.41, 5.74) is 4.99. The number of para-hydroxylation sites is 1. The monoisotopic (exact) mass is 452 g/mol. The van der Waals surface area contributed by atoms with E-state index in [1.807, 2.05) is 109 Å². The standard InChI is InChI=1S/C30H20N4O/c35-27-24-13-7-8-14-26(24)31-19-25(27)20-15-17-23(18-16-20)30-33-28(21-9-3-1-4-10-21)32-29(34-30)22-11-5-2-6-12-22/h1-19H,(H,31,35). The zero-order valence-corrected chi connectivity index (χ0v) is 18.7. The summed E-state index contributed by atoms with van der Waals surface area (Å²) in [6.45, 7) is 0. The topological polar surface area (TPSA) is 71.5 Å². The van der Waals surface area contributed by atoms with Gasteiger partial charge in [-0.25, -0.2) is 15.0 Å². The van der Waals surface area contributed by atoms with E-state index in [4.69, 9.17) is 15.0 Å². The first kappa shape index (κ1) is 20.7. The molecule has 2 heterocycles. The summed E-state index contributed by atoms with van der Waals surface area (Å²) in [6, 6.07) is 35.1. The Hall–Kier alpha value is -4.90. The lowest BCUT2D eigenvalue weighted by Crippen LogP contribution is -2.06. The molecule has 0 atom stereocenters.